The van der Waals surface area contributed by atoms with Crippen LogP contribution in [0.25, 0.3) is 0 Å². The molecular formula is C20H32N4O3. The van der Waals surface area contributed by atoms with E-state index in [-0.39, 0.29) is 23.8 Å². The van der Waals surface area contributed by atoms with Crippen LogP contribution in [0.3, 0.4) is 0 Å². The lowest BCUT2D eigenvalue weighted by Gasteiger charge is -2.32. The van der Waals surface area contributed by atoms with Crippen molar-refractivity contribution < 1.29 is 14.1 Å². The second-order valence-corrected chi connectivity index (χ2v) is 7.73. The molecule has 7 heteroatoms. The molecule has 3 rings (SSSR count). The van der Waals surface area contributed by atoms with Crippen molar-refractivity contribution in [3.63, 3.8) is 0 Å². The highest BCUT2D eigenvalue weighted by molar-refractivity contribution is 5.89. The van der Waals surface area contributed by atoms with Gasteiger partial charge in [-0.2, -0.15) is 4.98 Å². The molecule has 1 aliphatic heterocycles. The minimum Gasteiger partial charge on any atom is -0.339 e. The quantitative estimate of drug-likeness (QED) is 0.731. The summed E-state index contributed by atoms with van der Waals surface area (Å²) in [6.07, 6.45) is 8.76. The zero-order chi connectivity index (χ0) is 19.2. The average molecular weight is 377 g/mol. The fraction of sp³-hybridized carbons (Fsp3) is 0.800. The van der Waals surface area contributed by atoms with Crippen molar-refractivity contribution in [1.82, 2.24) is 19.9 Å². The Morgan fingerprint density at radius 2 is 1.93 bits per heavy atom. The van der Waals surface area contributed by atoms with Gasteiger partial charge < -0.3 is 14.3 Å². The SMILES string of the molecule is CCCc1nc(CN(CC)C(=O)[C@@H]2CCCN2C(=O)C2CCCCC2)no1. The van der Waals surface area contributed by atoms with Gasteiger partial charge in [-0.15, -0.1) is 0 Å². The standard InChI is InChI=1S/C20H32N4O3/c1-3-9-18-21-17(22-27-18)14-23(4-2)20(26)16-12-8-13-24(16)19(25)15-10-6-5-7-11-15/h15-16H,3-14H2,1-2H3/t16-/m0/s1. The lowest BCUT2D eigenvalue weighted by molar-refractivity contribution is -0.146. The van der Waals surface area contributed by atoms with Crippen LogP contribution < -0.4 is 0 Å². The molecule has 0 N–H and O–H groups in total. The molecule has 1 aliphatic carbocycles. The van der Waals surface area contributed by atoms with Crippen molar-refractivity contribution >= 4 is 11.8 Å². The van der Waals surface area contributed by atoms with Gasteiger partial charge in [-0.05, 0) is 39.0 Å². The van der Waals surface area contributed by atoms with Gasteiger partial charge in [-0.25, -0.2) is 0 Å². The molecule has 2 heterocycles. The van der Waals surface area contributed by atoms with Gasteiger partial charge >= 0.3 is 0 Å². The maximum atomic E-state index is 13.2. The van der Waals surface area contributed by atoms with Crippen LogP contribution in [-0.4, -0.2) is 50.9 Å². The zero-order valence-electron chi connectivity index (χ0n) is 16.7. The van der Waals surface area contributed by atoms with Gasteiger partial charge in [0.25, 0.3) is 0 Å². The normalized spacial score (nSPS) is 20.8. The van der Waals surface area contributed by atoms with Crippen LogP contribution in [0.5, 0.6) is 0 Å². The summed E-state index contributed by atoms with van der Waals surface area (Å²) in [7, 11) is 0. The van der Waals surface area contributed by atoms with Gasteiger partial charge in [0.05, 0.1) is 6.54 Å². The van der Waals surface area contributed by atoms with Gasteiger partial charge in [0, 0.05) is 25.4 Å². The summed E-state index contributed by atoms with van der Waals surface area (Å²) >= 11 is 0. The number of aromatic nitrogens is 2. The minimum atomic E-state index is -0.332. The van der Waals surface area contributed by atoms with Crippen LogP contribution in [0, 0.1) is 5.92 Å². The number of likely N-dealkylation sites (N-methyl/N-ethyl adjacent to an activating group) is 1. The second kappa shape index (κ2) is 9.33. The maximum absolute atomic E-state index is 13.2. The number of likely N-dealkylation sites (tertiary alicyclic amines) is 1. The molecule has 2 aliphatic rings. The Balaban J connectivity index is 1.64. The van der Waals surface area contributed by atoms with Crippen molar-refractivity contribution in [2.45, 2.75) is 84.2 Å². The van der Waals surface area contributed by atoms with E-state index in [0.717, 1.165) is 51.4 Å². The van der Waals surface area contributed by atoms with Crippen molar-refractivity contribution in [2.24, 2.45) is 5.92 Å². The van der Waals surface area contributed by atoms with Gasteiger partial charge in [0.15, 0.2) is 5.82 Å². The van der Waals surface area contributed by atoms with Gasteiger partial charge in [-0.3, -0.25) is 9.59 Å². The van der Waals surface area contributed by atoms with Crippen LogP contribution in [-0.2, 0) is 22.6 Å². The first kappa shape index (κ1) is 19.8. The summed E-state index contributed by atoms with van der Waals surface area (Å²) in [5, 5.41) is 4.00. The molecule has 0 spiro atoms. The van der Waals surface area contributed by atoms with E-state index in [9.17, 15) is 9.59 Å². The average Bonchev–Trinajstić information content (AvgIpc) is 3.35. The van der Waals surface area contributed by atoms with Crippen LogP contribution in [0.15, 0.2) is 4.52 Å². The summed E-state index contributed by atoms with van der Waals surface area (Å²) in [6, 6.07) is -0.332. The van der Waals surface area contributed by atoms with E-state index in [0.29, 0.717) is 31.3 Å². The van der Waals surface area contributed by atoms with Crippen molar-refractivity contribution in [2.75, 3.05) is 13.1 Å². The highest BCUT2D eigenvalue weighted by atomic mass is 16.5. The third-order valence-electron chi connectivity index (χ3n) is 5.78. The number of amides is 2. The van der Waals surface area contributed by atoms with E-state index in [4.69, 9.17) is 4.52 Å². The second-order valence-electron chi connectivity index (χ2n) is 7.73. The van der Waals surface area contributed by atoms with Crippen LogP contribution in [0.1, 0.15) is 76.9 Å². The van der Waals surface area contributed by atoms with Crippen molar-refractivity contribution in [3.8, 4) is 0 Å². The number of carbonyl (C=O) groups is 2. The number of hydrogen-bond donors (Lipinski definition) is 0. The molecule has 2 amide bonds. The molecule has 1 aromatic heterocycles. The molecule has 1 aromatic rings. The van der Waals surface area contributed by atoms with Gasteiger partial charge in [0.2, 0.25) is 17.7 Å². The van der Waals surface area contributed by atoms with Crippen molar-refractivity contribution in [1.29, 1.82) is 0 Å². The molecule has 0 aromatic carbocycles. The summed E-state index contributed by atoms with van der Waals surface area (Å²) in [4.78, 5) is 34.1. The van der Waals surface area contributed by atoms with E-state index in [1.165, 1.54) is 6.42 Å². The third-order valence-corrected chi connectivity index (χ3v) is 5.78. The molecule has 150 valence electrons. The maximum Gasteiger partial charge on any atom is 0.245 e. The lowest BCUT2D eigenvalue weighted by atomic mass is 9.88. The number of aryl methyl sites for hydroxylation is 1. The molecule has 1 atom stereocenters. The van der Waals surface area contributed by atoms with Crippen LogP contribution >= 0.6 is 0 Å². The largest absolute Gasteiger partial charge is 0.339 e. The monoisotopic (exact) mass is 376 g/mol. The Bertz CT molecular complexity index is 639. The smallest absolute Gasteiger partial charge is 0.245 e. The Kier molecular flexibility index (Phi) is 6.85. The van der Waals surface area contributed by atoms with E-state index >= 15 is 0 Å². The fourth-order valence-corrected chi connectivity index (χ4v) is 4.27. The summed E-state index contributed by atoms with van der Waals surface area (Å²) in [5.41, 5.74) is 0. The Labute approximate surface area is 161 Å². The molecule has 27 heavy (non-hydrogen) atoms. The molecule has 0 unspecified atom stereocenters. The Morgan fingerprint density at radius 3 is 2.63 bits per heavy atom. The minimum absolute atomic E-state index is 0.0148. The Hall–Kier alpha value is -1.92. The molecule has 1 saturated heterocycles. The summed E-state index contributed by atoms with van der Waals surface area (Å²) in [6.45, 7) is 5.62. The van der Waals surface area contributed by atoms with E-state index in [2.05, 4.69) is 17.1 Å². The number of rotatable bonds is 7. The number of carbonyl (C=O) groups excluding carboxylic acids is 2. The zero-order valence-corrected chi connectivity index (χ0v) is 16.7. The van der Waals surface area contributed by atoms with E-state index in [1.807, 2.05) is 11.8 Å². The first-order valence-corrected chi connectivity index (χ1v) is 10.5. The Morgan fingerprint density at radius 1 is 1.15 bits per heavy atom. The molecule has 0 bridgehead atoms. The highest BCUT2D eigenvalue weighted by Gasteiger charge is 2.39. The first-order chi connectivity index (χ1) is 13.1. The first-order valence-electron chi connectivity index (χ1n) is 10.5. The van der Waals surface area contributed by atoms with Gasteiger partial charge in [0.1, 0.15) is 6.04 Å². The topological polar surface area (TPSA) is 79.5 Å². The predicted molar refractivity (Wildman–Crippen MR) is 101 cm³/mol. The molecule has 1 saturated carbocycles. The van der Waals surface area contributed by atoms with E-state index < -0.39 is 0 Å². The van der Waals surface area contributed by atoms with Crippen molar-refractivity contribution in [3.05, 3.63) is 11.7 Å². The van der Waals surface area contributed by atoms with Crippen LogP contribution in [0.2, 0.25) is 0 Å². The van der Waals surface area contributed by atoms with Crippen LogP contribution in [0.4, 0.5) is 0 Å². The summed E-state index contributed by atoms with van der Waals surface area (Å²) < 4.78 is 5.23. The molecule has 7 nitrogen and oxygen atoms in total. The van der Waals surface area contributed by atoms with E-state index in [1.54, 1.807) is 4.90 Å². The predicted octanol–water partition coefficient (Wildman–Crippen LogP) is 2.94. The highest BCUT2D eigenvalue weighted by Crippen LogP contribution is 2.29. The molecule has 0 radical (unpaired) electrons. The molecule has 2 fully saturated rings. The summed E-state index contributed by atoms with van der Waals surface area (Å²) in [5.74, 6) is 1.46. The third kappa shape index (κ3) is 4.68. The number of nitrogens with zero attached hydrogens (tertiary/aromatic N) is 4. The van der Waals surface area contributed by atoms with Gasteiger partial charge in [-0.1, -0.05) is 31.3 Å². The fourth-order valence-electron chi connectivity index (χ4n) is 4.27. The number of hydrogen-bond acceptors (Lipinski definition) is 5. The lowest BCUT2D eigenvalue weighted by Crippen LogP contribution is -2.49. The molecular weight excluding hydrogens is 344 g/mol.